The fourth-order valence-corrected chi connectivity index (χ4v) is 2.69. The summed E-state index contributed by atoms with van der Waals surface area (Å²) in [6, 6.07) is -0.314. The number of ether oxygens (including phenoxy) is 1. The molecule has 1 fully saturated rings. The Labute approximate surface area is 94.8 Å². The maximum absolute atomic E-state index is 11.5. The van der Waals surface area contributed by atoms with Crippen LogP contribution in [0.3, 0.4) is 0 Å². The van der Waals surface area contributed by atoms with Crippen LogP contribution in [0.2, 0.25) is 0 Å². The number of hydrogen-bond acceptors (Lipinski definition) is 5. The van der Waals surface area contributed by atoms with E-state index in [0.717, 1.165) is 0 Å². The molecule has 0 aromatic heterocycles. The lowest BCUT2D eigenvalue weighted by Gasteiger charge is -2.36. The molecule has 2 atom stereocenters. The van der Waals surface area contributed by atoms with Gasteiger partial charge in [0.15, 0.2) is 0 Å². The highest BCUT2D eigenvalue weighted by molar-refractivity contribution is 8.01. The largest absolute Gasteiger partial charge is 0.465 e. The van der Waals surface area contributed by atoms with E-state index in [1.807, 2.05) is 6.92 Å². The second-order valence-electron chi connectivity index (χ2n) is 4.35. The fraction of sp³-hybridized carbons (Fsp3) is 0.900. The molecule has 0 bridgehead atoms. The lowest BCUT2D eigenvalue weighted by Crippen LogP contribution is -2.55. The zero-order chi connectivity index (χ0) is 11.7. The first kappa shape index (κ1) is 12.8. The van der Waals surface area contributed by atoms with E-state index < -0.39 is 10.5 Å². The number of carbonyl (C=O) groups is 1. The molecule has 0 amide bonds. The second-order valence-corrected chi connectivity index (χ2v) is 5.79. The molecule has 1 heterocycles. The summed E-state index contributed by atoms with van der Waals surface area (Å²) in [4.78, 5) is 11.0. The normalized spacial score (nSPS) is 31.7. The van der Waals surface area contributed by atoms with Crippen LogP contribution < -0.4 is 5.32 Å². The van der Waals surface area contributed by atoms with E-state index in [1.54, 1.807) is 32.5 Å². The fourth-order valence-electron chi connectivity index (χ4n) is 1.39. The third kappa shape index (κ3) is 2.65. The third-order valence-electron chi connectivity index (χ3n) is 2.73. The SMILES string of the molecule is CCOC(=O)[C@@H]1CSC(C)(C(C)(C)O)N1. The summed E-state index contributed by atoms with van der Waals surface area (Å²) >= 11 is 1.55. The van der Waals surface area contributed by atoms with Crippen LogP contribution in [0.1, 0.15) is 27.7 Å². The molecule has 1 rings (SSSR count). The van der Waals surface area contributed by atoms with Crippen molar-refractivity contribution in [3.05, 3.63) is 0 Å². The number of hydrogen-bond donors (Lipinski definition) is 2. The second kappa shape index (κ2) is 4.31. The Hall–Kier alpha value is -0.260. The first-order chi connectivity index (χ1) is 6.80. The molecule has 15 heavy (non-hydrogen) atoms. The zero-order valence-electron chi connectivity index (χ0n) is 9.66. The Bertz CT molecular complexity index is 252. The molecule has 0 spiro atoms. The molecule has 0 radical (unpaired) electrons. The van der Waals surface area contributed by atoms with Gasteiger partial charge in [0.1, 0.15) is 6.04 Å². The van der Waals surface area contributed by atoms with E-state index in [0.29, 0.717) is 12.4 Å². The lowest BCUT2D eigenvalue weighted by molar-refractivity contribution is -0.145. The molecular weight excluding hydrogens is 214 g/mol. The smallest absolute Gasteiger partial charge is 0.324 e. The van der Waals surface area contributed by atoms with Crippen LogP contribution in [0.25, 0.3) is 0 Å². The van der Waals surface area contributed by atoms with Crippen LogP contribution in [0.4, 0.5) is 0 Å². The Morgan fingerprint density at radius 2 is 2.33 bits per heavy atom. The van der Waals surface area contributed by atoms with Crippen molar-refractivity contribution in [1.29, 1.82) is 0 Å². The van der Waals surface area contributed by atoms with Gasteiger partial charge in [-0.05, 0) is 27.7 Å². The summed E-state index contributed by atoms with van der Waals surface area (Å²) < 4.78 is 4.94. The summed E-state index contributed by atoms with van der Waals surface area (Å²) in [6.07, 6.45) is 0. The predicted molar refractivity (Wildman–Crippen MR) is 60.7 cm³/mol. The van der Waals surface area contributed by atoms with Gasteiger partial charge in [0.25, 0.3) is 0 Å². The molecule has 1 aliphatic heterocycles. The quantitative estimate of drug-likeness (QED) is 0.704. The number of aliphatic hydroxyl groups is 1. The summed E-state index contributed by atoms with van der Waals surface area (Å²) in [5, 5.41) is 13.1. The molecule has 0 aromatic rings. The van der Waals surface area contributed by atoms with Crippen molar-refractivity contribution < 1.29 is 14.6 Å². The van der Waals surface area contributed by atoms with E-state index in [9.17, 15) is 9.90 Å². The van der Waals surface area contributed by atoms with Crippen molar-refractivity contribution in [3.63, 3.8) is 0 Å². The molecule has 88 valence electrons. The van der Waals surface area contributed by atoms with Gasteiger partial charge in [0.05, 0.1) is 17.1 Å². The minimum Gasteiger partial charge on any atom is -0.465 e. The van der Waals surface area contributed by atoms with Crippen LogP contribution in [-0.2, 0) is 9.53 Å². The monoisotopic (exact) mass is 233 g/mol. The van der Waals surface area contributed by atoms with E-state index >= 15 is 0 Å². The van der Waals surface area contributed by atoms with Crippen molar-refractivity contribution in [2.45, 2.75) is 44.2 Å². The number of carbonyl (C=O) groups excluding carboxylic acids is 1. The van der Waals surface area contributed by atoms with Crippen LogP contribution in [-0.4, -0.2) is 39.9 Å². The Kier molecular flexibility index (Phi) is 3.68. The molecule has 0 saturated carbocycles. The number of rotatable bonds is 3. The van der Waals surface area contributed by atoms with E-state index in [2.05, 4.69) is 5.32 Å². The summed E-state index contributed by atoms with van der Waals surface area (Å²) in [6.45, 7) is 7.55. The zero-order valence-corrected chi connectivity index (χ0v) is 10.5. The van der Waals surface area contributed by atoms with Gasteiger partial charge >= 0.3 is 5.97 Å². The van der Waals surface area contributed by atoms with Crippen molar-refractivity contribution in [2.75, 3.05) is 12.4 Å². The van der Waals surface area contributed by atoms with Gasteiger partial charge in [-0.15, -0.1) is 11.8 Å². The molecule has 0 aromatic carbocycles. The average molecular weight is 233 g/mol. The van der Waals surface area contributed by atoms with E-state index in [1.165, 1.54) is 0 Å². The van der Waals surface area contributed by atoms with Crippen LogP contribution in [0.15, 0.2) is 0 Å². The predicted octanol–water partition coefficient (Wildman–Crippen LogP) is 0.742. The molecule has 1 saturated heterocycles. The van der Waals surface area contributed by atoms with E-state index in [-0.39, 0.29) is 12.0 Å². The van der Waals surface area contributed by atoms with Crippen molar-refractivity contribution in [2.24, 2.45) is 0 Å². The molecular formula is C10H19NO3S. The van der Waals surface area contributed by atoms with Gasteiger partial charge in [0.2, 0.25) is 0 Å². The maximum atomic E-state index is 11.5. The van der Waals surface area contributed by atoms with E-state index in [4.69, 9.17) is 4.74 Å². The van der Waals surface area contributed by atoms with Crippen LogP contribution in [0, 0.1) is 0 Å². The van der Waals surface area contributed by atoms with Gasteiger partial charge in [-0.1, -0.05) is 0 Å². The highest BCUT2D eigenvalue weighted by Gasteiger charge is 2.48. The number of nitrogens with one attached hydrogen (secondary N) is 1. The Morgan fingerprint density at radius 3 is 2.73 bits per heavy atom. The molecule has 5 heteroatoms. The Morgan fingerprint density at radius 1 is 1.73 bits per heavy atom. The van der Waals surface area contributed by atoms with Gasteiger partial charge in [-0.3, -0.25) is 10.1 Å². The van der Waals surface area contributed by atoms with Gasteiger partial charge < -0.3 is 9.84 Å². The highest BCUT2D eigenvalue weighted by Crippen LogP contribution is 2.38. The molecule has 2 N–H and O–H groups in total. The average Bonchev–Trinajstić information content (AvgIpc) is 2.48. The first-order valence-electron chi connectivity index (χ1n) is 5.11. The lowest BCUT2D eigenvalue weighted by atomic mass is 9.99. The number of esters is 1. The van der Waals surface area contributed by atoms with Gasteiger partial charge in [0, 0.05) is 5.75 Å². The highest BCUT2D eigenvalue weighted by atomic mass is 32.2. The standard InChI is InChI=1S/C10H19NO3S/c1-5-14-8(12)7-6-15-10(4,11-7)9(2,3)13/h7,11,13H,5-6H2,1-4H3/t7-,10?/m0/s1. The molecule has 4 nitrogen and oxygen atoms in total. The molecule has 0 aliphatic carbocycles. The topological polar surface area (TPSA) is 58.6 Å². The third-order valence-corrected chi connectivity index (χ3v) is 4.42. The molecule has 1 unspecified atom stereocenters. The van der Waals surface area contributed by atoms with Gasteiger partial charge in [-0.25, -0.2) is 0 Å². The first-order valence-corrected chi connectivity index (χ1v) is 6.09. The summed E-state index contributed by atoms with van der Waals surface area (Å²) in [7, 11) is 0. The minimum absolute atomic E-state index is 0.238. The maximum Gasteiger partial charge on any atom is 0.324 e. The van der Waals surface area contributed by atoms with Gasteiger partial charge in [-0.2, -0.15) is 0 Å². The van der Waals surface area contributed by atoms with Crippen molar-refractivity contribution >= 4 is 17.7 Å². The minimum atomic E-state index is -0.876. The van der Waals surface area contributed by atoms with Crippen molar-refractivity contribution in [1.82, 2.24) is 5.32 Å². The Balaban J connectivity index is 2.63. The summed E-state index contributed by atoms with van der Waals surface area (Å²) in [5.41, 5.74) is -0.876. The van der Waals surface area contributed by atoms with Crippen LogP contribution in [0.5, 0.6) is 0 Å². The van der Waals surface area contributed by atoms with Crippen molar-refractivity contribution in [3.8, 4) is 0 Å². The summed E-state index contributed by atoms with van der Waals surface area (Å²) in [5.74, 6) is 0.400. The number of thioether (sulfide) groups is 1. The molecule has 1 aliphatic rings. The van der Waals surface area contributed by atoms with Crippen LogP contribution >= 0.6 is 11.8 Å².